The molecule has 118 valence electrons. The summed E-state index contributed by atoms with van der Waals surface area (Å²) in [5.74, 6) is 0.0468. The molecule has 0 saturated carbocycles. The van der Waals surface area contributed by atoms with E-state index in [1.807, 2.05) is 0 Å². The number of hydrogen-bond donors (Lipinski definition) is 3. The Morgan fingerprint density at radius 2 is 2.33 bits per heavy atom. The molecule has 8 nitrogen and oxygen atoms in total. The first-order valence-corrected chi connectivity index (χ1v) is 6.93. The Labute approximate surface area is 124 Å². The Kier molecular flexibility index (Phi) is 5.17. The zero-order valence-corrected chi connectivity index (χ0v) is 12.1. The maximum absolute atomic E-state index is 11.9. The third kappa shape index (κ3) is 3.19. The number of aromatic amines is 1. The van der Waals surface area contributed by atoms with Gasteiger partial charge in [0.2, 0.25) is 0 Å². The van der Waals surface area contributed by atoms with E-state index in [0.717, 1.165) is 4.57 Å². The molecule has 0 aliphatic carbocycles. The van der Waals surface area contributed by atoms with Crippen LogP contribution in [-0.2, 0) is 9.47 Å². The van der Waals surface area contributed by atoms with Crippen molar-refractivity contribution in [2.75, 3.05) is 19.6 Å². The number of methoxy groups -OCH3 is 1. The van der Waals surface area contributed by atoms with Gasteiger partial charge in [0.25, 0.3) is 5.56 Å². The van der Waals surface area contributed by atoms with Crippen LogP contribution in [0.1, 0.15) is 24.3 Å². The molecule has 1 saturated heterocycles. The van der Waals surface area contributed by atoms with E-state index >= 15 is 0 Å². The number of halogens is 1. The van der Waals surface area contributed by atoms with E-state index in [-0.39, 0.29) is 24.5 Å². The van der Waals surface area contributed by atoms with Crippen LogP contribution >= 0.6 is 11.6 Å². The Morgan fingerprint density at radius 3 is 2.86 bits per heavy atom. The van der Waals surface area contributed by atoms with Gasteiger partial charge in [-0.15, -0.1) is 11.6 Å². The highest BCUT2D eigenvalue weighted by Gasteiger charge is 2.35. The van der Waals surface area contributed by atoms with E-state index in [1.54, 1.807) is 0 Å². The van der Waals surface area contributed by atoms with Crippen LogP contribution in [0.5, 0.6) is 0 Å². The first kappa shape index (κ1) is 16.2. The molecule has 0 unspecified atom stereocenters. The third-order valence-electron chi connectivity index (χ3n) is 3.46. The highest BCUT2D eigenvalue weighted by Crippen LogP contribution is 2.27. The van der Waals surface area contributed by atoms with Gasteiger partial charge < -0.3 is 19.7 Å². The second-order valence-electron chi connectivity index (χ2n) is 4.74. The molecular formula is C12H17ClN2O6. The molecule has 2 heterocycles. The smallest absolute Gasteiger partial charge is 0.330 e. The van der Waals surface area contributed by atoms with Crippen molar-refractivity contribution >= 4 is 11.6 Å². The molecule has 1 fully saturated rings. The Hall–Kier alpha value is -1.19. The molecule has 3 N–H and O–H groups in total. The van der Waals surface area contributed by atoms with Gasteiger partial charge in [0.15, 0.2) is 0 Å². The van der Waals surface area contributed by atoms with Crippen LogP contribution in [-0.4, -0.2) is 51.6 Å². The van der Waals surface area contributed by atoms with Crippen molar-refractivity contribution in [1.82, 2.24) is 9.55 Å². The van der Waals surface area contributed by atoms with Crippen LogP contribution in [0, 0.1) is 0 Å². The third-order valence-corrected chi connectivity index (χ3v) is 3.74. The number of aromatic nitrogens is 2. The van der Waals surface area contributed by atoms with Gasteiger partial charge in [-0.1, -0.05) is 0 Å². The van der Waals surface area contributed by atoms with E-state index < -0.39 is 35.8 Å². The fourth-order valence-corrected chi connectivity index (χ4v) is 2.56. The van der Waals surface area contributed by atoms with Crippen molar-refractivity contribution in [1.29, 1.82) is 0 Å². The lowest BCUT2D eigenvalue weighted by atomic mass is 10.2. The summed E-state index contributed by atoms with van der Waals surface area (Å²) in [4.78, 5) is 25.9. The second-order valence-corrected chi connectivity index (χ2v) is 5.05. The average Bonchev–Trinajstić information content (AvgIpc) is 2.83. The van der Waals surface area contributed by atoms with E-state index in [0.29, 0.717) is 0 Å². The Morgan fingerprint density at radius 1 is 1.62 bits per heavy atom. The van der Waals surface area contributed by atoms with Crippen LogP contribution < -0.4 is 11.2 Å². The average molecular weight is 321 g/mol. The predicted octanol–water partition coefficient (Wildman–Crippen LogP) is -0.896. The standard InChI is InChI=1S/C12H17ClN2O6/c1-20-8(3-13)6-4-15(12(19)14-11(6)18)10-2-7(17)9(5-16)21-10/h4,7-10,16-17H,2-3,5H2,1H3,(H,14,18,19)/t7-,8-,9+,10+/m0/s1. The monoisotopic (exact) mass is 320 g/mol. The number of ether oxygens (including phenoxy) is 2. The first-order valence-electron chi connectivity index (χ1n) is 6.40. The molecule has 9 heteroatoms. The summed E-state index contributed by atoms with van der Waals surface area (Å²) in [5, 5.41) is 18.8. The number of nitrogens with zero attached hydrogens (tertiary/aromatic N) is 1. The van der Waals surface area contributed by atoms with Gasteiger partial charge in [0, 0.05) is 19.7 Å². The maximum Gasteiger partial charge on any atom is 0.330 e. The van der Waals surface area contributed by atoms with Crippen LogP contribution in [0.25, 0.3) is 0 Å². The van der Waals surface area contributed by atoms with E-state index in [2.05, 4.69) is 4.98 Å². The van der Waals surface area contributed by atoms with Gasteiger partial charge in [-0.3, -0.25) is 14.3 Å². The summed E-state index contributed by atoms with van der Waals surface area (Å²) < 4.78 is 11.6. The number of alkyl halides is 1. The zero-order chi connectivity index (χ0) is 15.6. The summed E-state index contributed by atoms with van der Waals surface area (Å²) in [6.07, 6.45) is -1.63. The summed E-state index contributed by atoms with van der Waals surface area (Å²) >= 11 is 5.73. The molecule has 1 aromatic rings. The van der Waals surface area contributed by atoms with Crippen LogP contribution in [0.4, 0.5) is 0 Å². The van der Waals surface area contributed by atoms with Crippen LogP contribution in [0.2, 0.25) is 0 Å². The topological polar surface area (TPSA) is 114 Å². The van der Waals surface area contributed by atoms with E-state index in [1.165, 1.54) is 13.3 Å². The van der Waals surface area contributed by atoms with Crippen molar-refractivity contribution < 1.29 is 19.7 Å². The summed E-state index contributed by atoms with van der Waals surface area (Å²) in [5.41, 5.74) is -1.05. The molecule has 0 bridgehead atoms. The predicted molar refractivity (Wildman–Crippen MR) is 73.4 cm³/mol. The van der Waals surface area contributed by atoms with Crippen molar-refractivity contribution in [2.24, 2.45) is 0 Å². The van der Waals surface area contributed by atoms with E-state index in [4.69, 9.17) is 26.2 Å². The van der Waals surface area contributed by atoms with Crippen molar-refractivity contribution in [3.8, 4) is 0 Å². The van der Waals surface area contributed by atoms with Gasteiger partial charge in [0.1, 0.15) is 18.4 Å². The highest BCUT2D eigenvalue weighted by molar-refractivity contribution is 6.18. The fraction of sp³-hybridized carbons (Fsp3) is 0.667. The minimum absolute atomic E-state index is 0.0468. The molecule has 21 heavy (non-hydrogen) atoms. The summed E-state index contributed by atoms with van der Waals surface area (Å²) in [7, 11) is 1.40. The fourth-order valence-electron chi connectivity index (χ4n) is 2.27. The normalized spacial score (nSPS) is 27.0. The Balaban J connectivity index is 2.39. The molecule has 0 spiro atoms. The first-order chi connectivity index (χ1) is 10.0. The number of rotatable bonds is 5. The van der Waals surface area contributed by atoms with Crippen molar-refractivity contribution in [2.45, 2.75) is 31.0 Å². The number of hydrogen-bond acceptors (Lipinski definition) is 6. The largest absolute Gasteiger partial charge is 0.394 e. The summed E-state index contributed by atoms with van der Waals surface area (Å²) in [6.45, 7) is -0.356. The molecule has 0 amide bonds. The highest BCUT2D eigenvalue weighted by atomic mass is 35.5. The van der Waals surface area contributed by atoms with Gasteiger partial charge in [-0.2, -0.15) is 0 Å². The lowest BCUT2D eigenvalue weighted by Crippen LogP contribution is -2.35. The number of H-pyrrole nitrogens is 1. The lowest BCUT2D eigenvalue weighted by molar-refractivity contribution is -0.0461. The zero-order valence-electron chi connectivity index (χ0n) is 11.4. The molecule has 1 aliphatic heterocycles. The SMILES string of the molecule is CO[C@@H](CCl)c1cn([C@H]2C[C@H](O)[C@@H](CO)O2)c(=O)[nH]c1=O. The second kappa shape index (κ2) is 6.71. The van der Waals surface area contributed by atoms with E-state index in [9.17, 15) is 14.7 Å². The quantitative estimate of drug-likeness (QED) is 0.606. The molecule has 2 rings (SSSR count). The molecule has 0 radical (unpaired) electrons. The maximum atomic E-state index is 11.9. The summed E-state index contributed by atoms with van der Waals surface area (Å²) in [6, 6.07) is 0. The lowest BCUT2D eigenvalue weighted by Gasteiger charge is -2.17. The minimum Gasteiger partial charge on any atom is -0.394 e. The van der Waals surface area contributed by atoms with Gasteiger partial charge in [0.05, 0.1) is 24.2 Å². The molecule has 1 aromatic heterocycles. The van der Waals surface area contributed by atoms with Crippen LogP contribution in [0.15, 0.2) is 15.8 Å². The van der Waals surface area contributed by atoms with Gasteiger partial charge >= 0.3 is 5.69 Å². The van der Waals surface area contributed by atoms with Gasteiger partial charge in [-0.05, 0) is 0 Å². The van der Waals surface area contributed by atoms with Crippen LogP contribution in [0.3, 0.4) is 0 Å². The Bertz CT molecular complexity index is 596. The minimum atomic E-state index is -0.881. The van der Waals surface area contributed by atoms with Gasteiger partial charge in [-0.25, -0.2) is 4.79 Å². The molecule has 1 aliphatic rings. The van der Waals surface area contributed by atoms with Crippen molar-refractivity contribution in [3.63, 3.8) is 0 Å². The number of nitrogens with one attached hydrogen (secondary N) is 1. The number of aliphatic hydroxyl groups is 2. The number of aliphatic hydroxyl groups excluding tert-OH is 2. The van der Waals surface area contributed by atoms with Crippen molar-refractivity contribution in [3.05, 3.63) is 32.6 Å². The molecular weight excluding hydrogens is 304 g/mol. The molecule has 0 aromatic carbocycles. The molecule has 4 atom stereocenters.